The molecule has 0 bridgehead atoms. The number of Topliss-reactive ketones (excluding diaryl/α,β-unsaturated/α-hetero) is 1. The highest BCUT2D eigenvalue weighted by molar-refractivity contribution is 6.40. The Morgan fingerprint density at radius 1 is 1.19 bits per heavy atom. The molecule has 1 N–H and O–H groups in total. The third kappa shape index (κ3) is 2.18. The SMILES string of the molecule is O=C(O)C(=O)c1cccc(F)c1C(F)(F)F. The first-order valence-corrected chi connectivity index (χ1v) is 3.88. The number of rotatable bonds is 2. The molecule has 0 fully saturated rings. The lowest BCUT2D eigenvalue weighted by Gasteiger charge is -2.11. The van der Waals surface area contributed by atoms with Gasteiger partial charge in [-0.25, -0.2) is 9.18 Å². The molecule has 86 valence electrons. The van der Waals surface area contributed by atoms with Crippen molar-refractivity contribution in [3.8, 4) is 0 Å². The molecule has 0 saturated carbocycles. The number of halogens is 4. The maximum absolute atomic E-state index is 12.9. The summed E-state index contributed by atoms with van der Waals surface area (Å²) in [6.45, 7) is 0. The van der Waals surface area contributed by atoms with Crippen molar-refractivity contribution >= 4 is 11.8 Å². The van der Waals surface area contributed by atoms with E-state index in [9.17, 15) is 27.2 Å². The average Bonchev–Trinajstić information content (AvgIpc) is 2.14. The van der Waals surface area contributed by atoms with E-state index >= 15 is 0 Å². The molecule has 0 saturated heterocycles. The Hall–Kier alpha value is -1.92. The standard InChI is InChI=1S/C9H4F4O3/c10-5-3-1-2-4(7(14)8(15)16)6(5)9(11,12)13/h1-3H,(H,15,16). The molecule has 7 heteroatoms. The van der Waals surface area contributed by atoms with E-state index in [1.54, 1.807) is 0 Å². The van der Waals surface area contributed by atoms with Gasteiger partial charge in [0.2, 0.25) is 0 Å². The van der Waals surface area contributed by atoms with Crippen molar-refractivity contribution in [3.05, 3.63) is 35.1 Å². The Labute approximate surface area is 86.3 Å². The van der Waals surface area contributed by atoms with Gasteiger partial charge in [0, 0.05) is 5.56 Å². The summed E-state index contributed by atoms with van der Waals surface area (Å²) in [6, 6.07) is 1.95. The van der Waals surface area contributed by atoms with Gasteiger partial charge in [0.15, 0.2) is 0 Å². The Kier molecular flexibility index (Phi) is 2.97. The van der Waals surface area contributed by atoms with E-state index in [0.717, 1.165) is 6.07 Å². The van der Waals surface area contributed by atoms with Crippen molar-refractivity contribution < 1.29 is 32.3 Å². The molecule has 0 amide bonds. The second-order valence-corrected chi connectivity index (χ2v) is 2.79. The normalized spacial score (nSPS) is 11.2. The number of aliphatic carboxylic acids is 1. The van der Waals surface area contributed by atoms with Crippen LogP contribution in [0.5, 0.6) is 0 Å². The number of alkyl halides is 3. The molecule has 0 aromatic heterocycles. The summed E-state index contributed by atoms with van der Waals surface area (Å²) in [5.74, 6) is -5.55. The van der Waals surface area contributed by atoms with Crippen molar-refractivity contribution in [1.29, 1.82) is 0 Å². The Balaban J connectivity index is 3.46. The first-order chi connectivity index (χ1) is 7.25. The summed E-state index contributed by atoms with van der Waals surface area (Å²) in [6.07, 6.45) is -5.12. The number of carboxylic acids is 1. The van der Waals surface area contributed by atoms with Crippen LogP contribution < -0.4 is 0 Å². The van der Waals surface area contributed by atoms with Gasteiger partial charge >= 0.3 is 12.1 Å². The number of benzene rings is 1. The van der Waals surface area contributed by atoms with Crippen LogP contribution in [0.25, 0.3) is 0 Å². The number of hydrogen-bond donors (Lipinski definition) is 1. The Morgan fingerprint density at radius 2 is 1.75 bits per heavy atom. The molecule has 0 spiro atoms. The van der Waals surface area contributed by atoms with Crippen molar-refractivity contribution in [3.63, 3.8) is 0 Å². The van der Waals surface area contributed by atoms with Gasteiger partial charge < -0.3 is 5.11 Å². The highest BCUT2D eigenvalue weighted by Gasteiger charge is 2.39. The van der Waals surface area contributed by atoms with Crippen LogP contribution >= 0.6 is 0 Å². The monoisotopic (exact) mass is 236 g/mol. The summed E-state index contributed by atoms with van der Waals surface area (Å²) in [5, 5.41) is 8.28. The minimum Gasteiger partial charge on any atom is -0.475 e. The van der Waals surface area contributed by atoms with Crippen LogP contribution in [-0.2, 0) is 11.0 Å². The average molecular weight is 236 g/mol. The van der Waals surface area contributed by atoms with Gasteiger partial charge in [-0.1, -0.05) is 6.07 Å². The molecule has 1 rings (SSSR count). The predicted molar refractivity (Wildman–Crippen MR) is 43.4 cm³/mol. The van der Waals surface area contributed by atoms with Crippen LogP contribution in [0.4, 0.5) is 17.6 Å². The van der Waals surface area contributed by atoms with Crippen molar-refractivity contribution in [2.45, 2.75) is 6.18 Å². The Bertz CT molecular complexity index is 451. The van der Waals surface area contributed by atoms with Crippen LogP contribution in [0.2, 0.25) is 0 Å². The van der Waals surface area contributed by atoms with Crippen LogP contribution in [-0.4, -0.2) is 16.9 Å². The van der Waals surface area contributed by atoms with Crippen LogP contribution in [0, 0.1) is 5.82 Å². The lowest BCUT2D eigenvalue weighted by atomic mass is 10.0. The van der Waals surface area contributed by atoms with Gasteiger partial charge in [-0.2, -0.15) is 13.2 Å². The second kappa shape index (κ2) is 3.92. The second-order valence-electron chi connectivity index (χ2n) is 2.79. The molecule has 0 unspecified atom stereocenters. The van der Waals surface area contributed by atoms with Gasteiger partial charge in [-0.05, 0) is 12.1 Å². The molecule has 3 nitrogen and oxygen atoms in total. The van der Waals surface area contributed by atoms with Gasteiger partial charge in [0.25, 0.3) is 5.78 Å². The lowest BCUT2D eigenvalue weighted by Crippen LogP contribution is -2.20. The fourth-order valence-electron chi connectivity index (χ4n) is 1.12. The van der Waals surface area contributed by atoms with Gasteiger partial charge in [-0.15, -0.1) is 0 Å². The zero-order valence-corrected chi connectivity index (χ0v) is 7.51. The smallest absolute Gasteiger partial charge is 0.419 e. The fourth-order valence-corrected chi connectivity index (χ4v) is 1.12. The van der Waals surface area contributed by atoms with E-state index in [1.165, 1.54) is 0 Å². The Morgan fingerprint density at radius 3 is 2.19 bits per heavy atom. The number of ketones is 1. The minimum absolute atomic E-state index is 0.501. The molecule has 0 atom stereocenters. The molecule has 1 aromatic carbocycles. The highest BCUT2D eigenvalue weighted by Crippen LogP contribution is 2.34. The largest absolute Gasteiger partial charge is 0.475 e. The quantitative estimate of drug-likeness (QED) is 0.486. The van der Waals surface area contributed by atoms with Gasteiger partial charge in [-0.3, -0.25) is 4.79 Å². The molecule has 0 heterocycles. The lowest BCUT2D eigenvalue weighted by molar-refractivity contribution is -0.140. The van der Waals surface area contributed by atoms with Crippen LogP contribution in [0.15, 0.2) is 18.2 Å². The van der Waals surface area contributed by atoms with Crippen molar-refractivity contribution in [2.24, 2.45) is 0 Å². The first kappa shape index (κ1) is 12.2. The maximum Gasteiger partial charge on any atom is 0.419 e. The topological polar surface area (TPSA) is 54.4 Å². The van der Waals surface area contributed by atoms with Gasteiger partial charge in [0.05, 0.1) is 0 Å². The van der Waals surface area contributed by atoms with Crippen LogP contribution in [0.1, 0.15) is 15.9 Å². The molecule has 0 radical (unpaired) electrons. The fraction of sp³-hybridized carbons (Fsp3) is 0.111. The van der Waals surface area contributed by atoms with E-state index < -0.39 is 34.9 Å². The molecule has 0 aliphatic carbocycles. The van der Waals surface area contributed by atoms with E-state index in [0.29, 0.717) is 12.1 Å². The molecule has 0 aliphatic rings. The summed E-state index contributed by atoms with van der Waals surface area (Å²) >= 11 is 0. The summed E-state index contributed by atoms with van der Waals surface area (Å²) in [7, 11) is 0. The molecular formula is C9H4F4O3. The van der Waals surface area contributed by atoms with Crippen molar-refractivity contribution in [2.75, 3.05) is 0 Å². The van der Waals surface area contributed by atoms with Crippen LogP contribution in [0.3, 0.4) is 0 Å². The first-order valence-electron chi connectivity index (χ1n) is 3.88. The van der Waals surface area contributed by atoms with Crippen molar-refractivity contribution in [1.82, 2.24) is 0 Å². The molecular weight excluding hydrogens is 232 g/mol. The van der Waals surface area contributed by atoms with E-state index in [2.05, 4.69) is 0 Å². The number of carbonyl (C=O) groups is 2. The predicted octanol–water partition coefficient (Wildman–Crippen LogP) is 2.11. The summed E-state index contributed by atoms with van der Waals surface area (Å²) in [4.78, 5) is 21.1. The number of hydrogen-bond acceptors (Lipinski definition) is 2. The van der Waals surface area contributed by atoms with E-state index in [1.807, 2.05) is 0 Å². The van der Waals surface area contributed by atoms with E-state index in [4.69, 9.17) is 5.11 Å². The van der Waals surface area contributed by atoms with E-state index in [-0.39, 0.29) is 0 Å². The highest BCUT2D eigenvalue weighted by atomic mass is 19.4. The summed E-state index contributed by atoms with van der Waals surface area (Å²) in [5.41, 5.74) is -3.07. The van der Waals surface area contributed by atoms with Gasteiger partial charge in [0.1, 0.15) is 11.4 Å². The third-order valence-corrected chi connectivity index (χ3v) is 1.74. The third-order valence-electron chi connectivity index (χ3n) is 1.74. The molecule has 16 heavy (non-hydrogen) atoms. The minimum atomic E-state index is -5.12. The number of carbonyl (C=O) groups excluding carboxylic acids is 1. The summed E-state index contributed by atoms with van der Waals surface area (Å²) < 4.78 is 49.9. The number of carboxylic acid groups (broad SMARTS) is 1. The maximum atomic E-state index is 12.9. The molecule has 1 aromatic rings. The zero-order chi connectivity index (χ0) is 12.5. The molecule has 0 aliphatic heterocycles. The zero-order valence-electron chi connectivity index (χ0n) is 7.51.